The number of ether oxygens (including phenoxy) is 1. The van der Waals surface area contributed by atoms with Crippen LogP contribution in [0.1, 0.15) is 37.2 Å². The fraction of sp³-hybridized carbons (Fsp3) is 0.714. The standard InChI is InChI=1S/C14H20N2O3/c17-14(18)10-4-5-13-15-11(9-16(13)8-10)7-12-3-1-2-6-19-12/h9-10,12H,1-8H2,(H,17,18). The van der Waals surface area contributed by atoms with Crippen molar-refractivity contribution in [2.24, 2.45) is 5.92 Å². The van der Waals surface area contributed by atoms with Gasteiger partial charge in [-0.25, -0.2) is 4.98 Å². The summed E-state index contributed by atoms with van der Waals surface area (Å²) in [4.78, 5) is 15.7. The first-order valence-electron chi connectivity index (χ1n) is 7.11. The van der Waals surface area contributed by atoms with Gasteiger partial charge in [0, 0.05) is 32.2 Å². The highest BCUT2D eigenvalue weighted by molar-refractivity contribution is 5.70. The Bertz CT molecular complexity index is 463. The average Bonchev–Trinajstić information content (AvgIpc) is 2.80. The van der Waals surface area contributed by atoms with Crippen LogP contribution < -0.4 is 0 Å². The maximum atomic E-state index is 11.0. The first-order valence-corrected chi connectivity index (χ1v) is 7.11. The number of carboxylic acid groups (broad SMARTS) is 1. The number of imidazole rings is 1. The fourth-order valence-corrected chi connectivity index (χ4v) is 3.00. The van der Waals surface area contributed by atoms with Gasteiger partial charge in [-0.2, -0.15) is 0 Å². The molecule has 3 rings (SSSR count). The van der Waals surface area contributed by atoms with Crippen molar-refractivity contribution in [2.75, 3.05) is 6.61 Å². The minimum absolute atomic E-state index is 0.263. The van der Waals surface area contributed by atoms with E-state index in [2.05, 4.69) is 4.98 Å². The molecule has 2 aliphatic heterocycles. The van der Waals surface area contributed by atoms with Gasteiger partial charge in [0.2, 0.25) is 0 Å². The molecule has 0 saturated carbocycles. The quantitative estimate of drug-likeness (QED) is 0.901. The number of aromatic nitrogens is 2. The summed E-state index contributed by atoms with van der Waals surface area (Å²) in [5.74, 6) is 0.0697. The molecule has 19 heavy (non-hydrogen) atoms. The summed E-state index contributed by atoms with van der Waals surface area (Å²) in [7, 11) is 0. The van der Waals surface area contributed by atoms with Crippen LogP contribution >= 0.6 is 0 Å². The zero-order valence-electron chi connectivity index (χ0n) is 11.0. The van der Waals surface area contributed by atoms with E-state index in [0.717, 1.165) is 43.8 Å². The molecule has 5 nitrogen and oxygen atoms in total. The lowest BCUT2D eigenvalue weighted by atomic mass is 10.00. The Morgan fingerprint density at radius 3 is 3.11 bits per heavy atom. The SMILES string of the molecule is O=C(O)C1CCc2nc(CC3CCCCO3)cn2C1. The minimum Gasteiger partial charge on any atom is -0.481 e. The second-order valence-electron chi connectivity index (χ2n) is 5.57. The number of carbonyl (C=O) groups is 1. The lowest BCUT2D eigenvalue weighted by molar-refractivity contribution is -0.142. The Balaban J connectivity index is 1.67. The molecule has 3 heterocycles. The summed E-state index contributed by atoms with van der Waals surface area (Å²) in [6.45, 7) is 1.42. The number of carboxylic acids is 1. The van der Waals surface area contributed by atoms with E-state index in [1.54, 1.807) is 0 Å². The molecule has 0 spiro atoms. The Morgan fingerprint density at radius 2 is 2.37 bits per heavy atom. The first-order chi connectivity index (χ1) is 9.22. The van der Waals surface area contributed by atoms with Gasteiger partial charge in [-0.3, -0.25) is 4.79 Å². The number of fused-ring (bicyclic) bond motifs is 1. The second-order valence-corrected chi connectivity index (χ2v) is 5.57. The average molecular weight is 264 g/mol. The van der Waals surface area contributed by atoms with Crippen molar-refractivity contribution in [2.45, 2.75) is 51.2 Å². The number of aryl methyl sites for hydroxylation is 1. The Morgan fingerprint density at radius 1 is 1.47 bits per heavy atom. The summed E-state index contributed by atoms with van der Waals surface area (Å²) in [6, 6.07) is 0. The van der Waals surface area contributed by atoms with Crippen LogP contribution in [0, 0.1) is 5.92 Å². The van der Waals surface area contributed by atoms with Crippen LogP contribution in [0.5, 0.6) is 0 Å². The molecule has 1 aromatic rings. The van der Waals surface area contributed by atoms with Gasteiger partial charge in [0.05, 0.1) is 17.7 Å². The molecular weight excluding hydrogens is 244 g/mol. The van der Waals surface area contributed by atoms with Crippen molar-refractivity contribution in [3.63, 3.8) is 0 Å². The first kappa shape index (κ1) is 12.7. The number of rotatable bonds is 3. The largest absolute Gasteiger partial charge is 0.481 e. The topological polar surface area (TPSA) is 64.3 Å². The smallest absolute Gasteiger partial charge is 0.308 e. The van der Waals surface area contributed by atoms with Crippen LogP contribution in [0.3, 0.4) is 0 Å². The van der Waals surface area contributed by atoms with Crippen molar-refractivity contribution >= 4 is 5.97 Å². The highest BCUT2D eigenvalue weighted by Gasteiger charge is 2.26. The van der Waals surface area contributed by atoms with Gasteiger partial charge in [0.25, 0.3) is 0 Å². The maximum Gasteiger partial charge on any atom is 0.308 e. The van der Waals surface area contributed by atoms with Gasteiger partial charge in [0.1, 0.15) is 5.82 Å². The molecule has 0 amide bonds. The summed E-state index contributed by atoms with van der Waals surface area (Å²) in [5, 5.41) is 9.08. The van der Waals surface area contributed by atoms with Crippen LogP contribution in [0.2, 0.25) is 0 Å². The molecule has 1 aromatic heterocycles. The zero-order valence-corrected chi connectivity index (χ0v) is 11.0. The third-order valence-electron chi connectivity index (χ3n) is 4.10. The molecular formula is C14H20N2O3. The molecule has 1 fully saturated rings. The summed E-state index contributed by atoms with van der Waals surface area (Å²) in [6.07, 6.45) is 8.14. The van der Waals surface area contributed by atoms with Crippen LogP contribution in [0.25, 0.3) is 0 Å². The maximum absolute atomic E-state index is 11.0. The fourth-order valence-electron chi connectivity index (χ4n) is 3.00. The summed E-state index contributed by atoms with van der Waals surface area (Å²) < 4.78 is 7.74. The van der Waals surface area contributed by atoms with Gasteiger partial charge < -0.3 is 14.4 Å². The van der Waals surface area contributed by atoms with Crippen LogP contribution in [-0.4, -0.2) is 33.3 Å². The van der Waals surface area contributed by atoms with Gasteiger partial charge in [-0.05, 0) is 25.7 Å². The highest BCUT2D eigenvalue weighted by atomic mass is 16.5. The zero-order chi connectivity index (χ0) is 13.2. The lowest BCUT2D eigenvalue weighted by Crippen LogP contribution is -2.26. The van der Waals surface area contributed by atoms with Crippen molar-refractivity contribution in [3.8, 4) is 0 Å². The van der Waals surface area contributed by atoms with Gasteiger partial charge in [0.15, 0.2) is 0 Å². The lowest BCUT2D eigenvalue weighted by Gasteiger charge is -2.21. The van der Waals surface area contributed by atoms with E-state index in [0.29, 0.717) is 19.1 Å². The number of nitrogens with zero attached hydrogens (tertiary/aromatic N) is 2. The predicted molar refractivity (Wildman–Crippen MR) is 69.0 cm³/mol. The van der Waals surface area contributed by atoms with Gasteiger partial charge in [-0.1, -0.05) is 0 Å². The van der Waals surface area contributed by atoms with E-state index in [1.807, 2.05) is 10.8 Å². The molecule has 1 N–H and O–H groups in total. The van der Waals surface area contributed by atoms with Crippen molar-refractivity contribution in [1.82, 2.24) is 9.55 Å². The molecule has 0 aliphatic carbocycles. The van der Waals surface area contributed by atoms with Crippen molar-refractivity contribution < 1.29 is 14.6 Å². The molecule has 2 atom stereocenters. The normalized spacial score (nSPS) is 26.9. The van der Waals surface area contributed by atoms with Gasteiger partial charge in [-0.15, -0.1) is 0 Å². The van der Waals surface area contributed by atoms with Crippen molar-refractivity contribution in [1.29, 1.82) is 0 Å². The van der Waals surface area contributed by atoms with E-state index in [9.17, 15) is 4.79 Å². The second kappa shape index (κ2) is 5.33. The van der Waals surface area contributed by atoms with E-state index >= 15 is 0 Å². The van der Waals surface area contributed by atoms with Crippen molar-refractivity contribution in [3.05, 3.63) is 17.7 Å². The highest BCUT2D eigenvalue weighted by Crippen LogP contribution is 2.22. The Kier molecular flexibility index (Phi) is 3.55. The molecule has 0 aromatic carbocycles. The minimum atomic E-state index is -0.698. The summed E-state index contributed by atoms with van der Waals surface area (Å²) >= 11 is 0. The molecule has 104 valence electrons. The molecule has 1 saturated heterocycles. The monoisotopic (exact) mass is 264 g/mol. The number of hydrogen-bond donors (Lipinski definition) is 1. The molecule has 0 radical (unpaired) electrons. The number of aliphatic carboxylic acids is 1. The van der Waals surface area contributed by atoms with E-state index < -0.39 is 5.97 Å². The molecule has 2 unspecified atom stereocenters. The van der Waals surface area contributed by atoms with E-state index in [1.165, 1.54) is 6.42 Å². The number of hydrogen-bond acceptors (Lipinski definition) is 3. The van der Waals surface area contributed by atoms with E-state index in [4.69, 9.17) is 9.84 Å². The molecule has 2 aliphatic rings. The Labute approximate surface area is 112 Å². The Hall–Kier alpha value is -1.36. The molecule has 5 heteroatoms. The van der Waals surface area contributed by atoms with Crippen LogP contribution in [0.4, 0.5) is 0 Å². The van der Waals surface area contributed by atoms with Gasteiger partial charge >= 0.3 is 5.97 Å². The van der Waals surface area contributed by atoms with Crippen LogP contribution in [-0.2, 0) is 28.9 Å². The predicted octanol–water partition coefficient (Wildman–Crippen LogP) is 1.64. The summed E-state index contributed by atoms with van der Waals surface area (Å²) in [5.41, 5.74) is 1.05. The third-order valence-corrected chi connectivity index (χ3v) is 4.10. The molecule has 0 bridgehead atoms. The third kappa shape index (κ3) is 2.81. The van der Waals surface area contributed by atoms with E-state index in [-0.39, 0.29) is 5.92 Å². The van der Waals surface area contributed by atoms with Crippen LogP contribution in [0.15, 0.2) is 6.20 Å².